The molecule has 0 radical (unpaired) electrons. The lowest BCUT2D eigenvalue weighted by molar-refractivity contribution is -0.0407. The van der Waals surface area contributed by atoms with Crippen LogP contribution >= 0.6 is 12.2 Å². The highest BCUT2D eigenvalue weighted by atomic mass is 32.2. The maximum atomic E-state index is 11.5. The average molecular weight is 336 g/mol. The Labute approximate surface area is 126 Å². The van der Waals surface area contributed by atoms with Crippen molar-refractivity contribution in [3.8, 4) is 0 Å². The van der Waals surface area contributed by atoms with Crippen molar-refractivity contribution in [2.75, 3.05) is 12.9 Å². The molecule has 10 heteroatoms. The van der Waals surface area contributed by atoms with Crippen molar-refractivity contribution in [3.05, 3.63) is 26.9 Å². The first-order valence-electron chi connectivity index (χ1n) is 6.18. The molecule has 0 amide bonds. The van der Waals surface area contributed by atoms with Crippen LogP contribution in [0, 0.1) is 11.7 Å². The minimum absolute atomic E-state index is 0.160. The van der Waals surface area contributed by atoms with Gasteiger partial charge in [0.05, 0.1) is 12.9 Å². The van der Waals surface area contributed by atoms with Gasteiger partial charge in [-0.3, -0.25) is 18.5 Å². The van der Waals surface area contributed by atoms with E-state index < -0.39 is 28.6 Å². The van der Waals surface area contributed by atoms with Crippen molar-refractivity contribution in [1.82, 2.24) is 9.55 Å². The Kier molecular flexibility index (Phi) is 4.63. The Hall–Kier alpha value is -1.07. The van der Waals surface area contributed by atoms with E-state index >= 15 is 0 Å². The predicted molar refractivity (Wildman–Crippen MR) is 76.0 cm³/mol. The Morgan fingerprint density at radius 3 is 2.86 bits per heavy atom. The van der Waals surface area contributed by atoms with Crippen molar-refractivity contribution in [2.24, 2.45) is 0 Å². The van der Waals surface area contributed by atoms with Crippen LogP contribution in [-0.4, -0.2) is 48.1 Å². The van der Waals surface area contributed by atoms with E-state index in [9.17, 15) is 18.3 Å². The van der Waals surface area contributed by atoms with Crippen LogP contribution in [-0.2, 0) is 19.0 Å². The maximum absolute atomic E-state index is 11.5. The molecule has 2 rings (SSSR count). The first-order chi connectivity index (χ1) is 9.71. The van der Waals surface area contributed by atoms with Gasteiger partial charge in [0, 0.05) is 18.2 Å². The van der Waals surface area contributed by atoms with Gasteiger partial charge < -0.3 is 9.84 Å². The van der Waals surface area contributed by atoms with E-state index in [1.807, 2.05) is 0 Å². The standard InChI is InChI=1S/C11H16N2O6S2/c1-6-4-13(11(20)12-10(6)15)9-3-7(8(5-14)18-9)19-21(2,16)17/h4,7-9,14H,3,5H2,1-2H3,(H,12,15,20)/t7-,8+,9+/m0/s1. The highest BCUT2D eigenvalue weighted by Crippen LogP contribution is 2.31. The number of hydrogen-bond donors (Lipinski definition) is 2. The van der Waals surface area contributed by atoms with Crippen molar-refractivity contribution >= 4 is 22.3 Å². The SMILES string of the molecule is Cc1cn([C@H]2C[C@H](OS(C)(=O)=O)[C@@H](CO)O2)c(=S)[nH]c1=O. The summed E-state index contributed by atoms with van der Waals surface area (Å²) in [7, 11) is -3.67. The van der Waals surface area contributed by atoms with Gasteiger partial charge in [-0.05, 0) is 19.1 Å². The molecule has 0 unspecified atom stereocenters. The lowest BCUT2D eigenvalue weighted by Crippen LogP contribution is -2.29. The molecular formula is C11H16N2O6S2. The van der Waals surface area contributed by atoms with Crippen LogP contribution in [0.25, 0.3) is 0 Å². The molecule has 0 aliphatic carbocycles. The highest BCUT2D eigenvalue weighted by Gasteiger charge is 2.38. The number of nitrogens with one attached hydrogen (secondary N) is 1. The fraction of sp³-hybridized carbons (Fsp3) is 0.636. The number of hydrogen-bond acceptors (Lipinski definition) is 7. The molecule has 1 saturated heterocycles. The predicted octanol–water partition coefficient (Wildman–Crippen LogP) is -0.161. The van der Waals surface area contributed by atoms with E-state index in [4.69, 9.17) is 21.1 Å². The summed E-state index contributed by atoms with van der Waals surface area (Å²) in [5.74, 6) is 0. The van der Waals surface area contributed by atoms with Gasteiger partial charge in [-0.1, -0.05) is 0 Å². The highest BCUT2D eigenvalue weighted by molar-refractivity contribution is 7.86. The van der Waals surface area contributed by atoms with E-state index in [1.165, 1.54) is 10.8 Å². The molecule has 1 aromatic heterocycles. The lowest BCUT2D eigenvalue weighted by Gasteiger charge is -2.16. The molecule has 21 heavy (non-hydrogen) atoms. The molecule has 1 fully saturated rings. The Balaban J connectivity index is 2.29. The molecule has 3 atom stereocenters. The molecule has 0 aromatic carbocycles. The minimum Gasteiger partial charge on any atom is -0.394 e. The molecule has 0 spiro atoms. The Bertz CT molecular complexity index is 738. The molecule has 1 aliphatic heterocycles. The lowest BCUT2D eigenvalue weighted by atomic mass is 10.2. The van der Waals surface area contributed by atoms with Crippen LogP contribution in [0.4, 0.5) is 0 Å². The third-order valence-electron chi connectivity index (χ3n) is 3.11. The average Bonchev–Trinajstić information content (AvgIpc) is 2.74. The molecular weight excluding hydrogens is 320 g/mol. The summed E-state index contributed by atoms with van der Waals surface area (Å²) in [6.45, 7) is 1.24. The van der Waals surface area contributed by atoms with Gasteiger partial charge in [0.2, 0.25) is 0 Å². The maximum Gasteiger partial charge on any atom is 0.264 e. The quantitative estimate of drug-likeness (QED) is 0.580. The molecule has 1 aromatic rings. The molecule has 8 nitrogen and oxygen atoms in total. The molecule has 0 saturated carbocycles. The Morgan fingerprint density at radius 1 is 1.62 bits per heavy atom. The van der Waals surface area contributed by atoms with Crippen molar-refractivity contribution in [3.63, 3.8) is 0 Å². The molecule has 118 valence electrons. The zero-order valence-electron chi connectivity index (χ0n) is 11.5. The van der Waals surface area contributed by atoms with Gasteiger partial charge in [0.1, 0.15) is 18.4 Å². The number of aryl methyl sites for hydroxylation is 1. The molecule has 2 heterocycles. The number of H-pyrrole nitrogens is 1. The smallest absolute Gasteiger partial charge is 0.264 e. The van der Waals surface area contributed by atoms with Crippen molar-refractivity contribution in [2.45, 2.75) is 31.8 Å². The number of aromatic nitrogens is 2. The van der Waals surface area contributed by atoms with E-state index in [1.54, 1.807) is 6.92 Å². The van der Waals surface area contributed by atoms with E-state index in [0.717, 1.165) is 6.26 Å². The normalized spacial score (nSPS) is 26.1. The number of nitrogens with zero attached hydrogens (tertiary/aromatic N) is 1. The fourth-order valence-corrected chi connectivity index (χ4v) is 3.08. The third kappa shape index (κ3) is 3.77. The topological polar surface area (TPSA) is 111 Å². The monoisotopic (exact) mass is 336 g/mol. The van der Waals surface area contributed by atoms with Gasteiger partial charge in [0.15, 0.2) is 4.77 Å². The van der Waals surface area contributed by atoms with Crippen LogP contribution in [0.2, 0.25) is 0 Å². The summed E-state index contributed by atoms with van der Waals surface area (Å²) in [5, 5.41) is 9.27. The minimum atomic E-state index is -3.67. The summed E-state index contributed by atoms with van der Waals surface area (Å²) in [4.78, 5) is 14.0. The third-order valence-corrected chi connectivity index (χ3v) is 4.02. The van der Waals surface area contributed by atoms with Gasteiger partial charge >= 0.3 is 0 Å². The summed E-state index contributed by atoms with van der Waals surface area (Å²) >= 11 is 5.06. The van der Waals surface area contributed by atoms with Crippen LogP contribution in [0.1, 0.15) is 18.2 Å². The fourth-order valence-electron chi connectivity index (χ4n) is 2.16. The van der Waals surface area contributed by atoms with Gasteiger partial charge in [-0.15, -0.1) is 0 Å². The molecule has 1 aliphatic rings. The van der Waals surface area contributed by atoms with Gasteiger partial charge in [0.25, 0.3) is 15.7 Å². The van der Waals surface area contributed by atoms with Gasteiger partial charge in [-0.25, -0.2) is 0 Å². The van der Waals surface area contributed by atoms with Crippen LogP contribution in [0.15, 0.2) is 11.0 Å². The summed E-state index contributed by atoms with van der Waals surface area (Å²) in [6, 6.07) is 0. The zero-order valence-corrected chi connectivity index (χ0v) is 13.1. The summed E-state index contributed by atoms with van der Waals surface area (Å²) in [6.07, 6.45) is 0.464. The second kappa shape index (κ2) is 5.97. The first kappa shape index (κ1) is 16.3. The van der Waals surface area contributed by atoms with Crippen molar-refractivity contribution < 1.29 is 22.4 Å². The second-order valence-electron chi connectivity index (χ2n) is 4.86. The van der Waals surface area contributed by atoms with E-state index in [0.29, 0.717) is 5.56 Å². The van der Waals surface area contributed by atoms with Crippen LogP contribution in [0.3, 0.4) is 0 Å². The number of aliphatic hydroxyl groups is 1. The van der Waals surface area contributed by atoms with Crippen LogP contribution in [0.5, 0.6) is 0 Å². The summed E-state index contributed by atoms with van der Waals surface area (Å²) < 4.78 is 34.6. The summed E-state index contributed by atoms with van der Waals surface area (Å²) in [5.41, 5.74) is 0.150. The molecule has 2 N–H and O–H groups in total. The Morgan fingerprint density at radius 2 is 2.29 bits per heavy atom. The number of aromatic amines is 1. The largest absolute Gasteiger partial charge is 0.394 e. The van der Waals surface area contributed by atoms with Gasteiger partial charge in [-0.2, -0.15) is 8.42 Å². The second-order valence-corrected chi connectivity index (χ2v) is 6.85. The first-order valence-corrected chi connectivity index (χ1v) is 8.40. The molecule has 0 bridgehead atoms. The zero-order chi connectivity index (χ0) is 15.8. The van der Waals surface area contributed by atoms with E-state index in [2.05, 4.69) is 4.98 Å². The van der Waals surface area contributed by atoms with Crippen LogP contribution < -0.4 is 5.56 Å². The van der Waals surface area contributed by atoms with Crippen molar-refractivity contribution in [1.29, 1.82) is 0 Å². The number of ether oxygens (including phenoxy) is 1. The number of rotatable bonds is 4. The number of aliphatic hydroxyl groups excluding tert-OH is 1. The van der Waals surface area contributed by atoms with E-state index in [-0.39, 0.29) is 23.4 Å².